The first kappa shape index (κ1) is 17.9. The smallest absolute Gasteiger partial charge is 0.291 e. The topological polar surface area (TPSA) is 92.7 Å². The minimum Gasteiger partial charge on any atom is -0.436 e. The van der Waals surface area contributed by atoms with Crippen LogP contribution in [0, 0.1) is 31.6 Å². The number of nitrogens with zero attached hydrogens (tertiary/aromatic N) is 4. The van der Waals surface area contributed by atoms with Crippen LogP contribution in [0.25, 0.3) is 5.65 Å². The van der Waals surface area contributed by atoms with E-state index < -0.39 is 0 Å². The van der Waals surface area contributed by atoms with Crippen LogP contribution in [0.5, 0.6) is 0 Å². The molecular formula is C21H23N5O3. The Kier molecular flexibility index (Phi) is 4.15. The first-order chi connectivity index (χ1) is 14.0. The zero-order valence-electron chi connectivity index (χ0n) is 16.5. The highest BCUT2D eigenvalue weighted by atomic mass is 16.4. The molecule has 5 rings (SSSR count). The van der Waals surface area contributed by atoms with Gasteiger partial charge >= 0.3 is 0 Å². The van der Waals surface area contributed by atoms with Crippen LogP contribution in [0.3, 0.4) is 0 Å². The van der Waals surface area contributed by atoms with E-state index >= 15 is 0 Å². The summed E-state index contributed by atoms with van der Waals surface area (Å²) in [6.45, 7) is 5.73. The van der Waals surface area contributed by atoms with Gasteiger partial charge in [-0.05, 0) is 43.2 Å². The summed E-state index contributed by atoms with van der Waals surface area (Å²) in [5.41, 5.74) is 2.10. The highest BCUT2D eigenvalue weighted by Crippen LogP contribution is 2.53. The monoisotopic (exact) mass is 393 g/mol. The van der Waals surface area contributed by atoms with Crippen LogP contribution in [-0.2, 0) is 0 Å². The largest absolute Gasteiger partial charge is 0.436 e. The number of oxazole rings is 1. The highest BCUT2D eigenvalue weighted by molar-refractivity contribution is 5.94. The average molecular weight is 393 g/mol. The van der Waals surface area contributed by atoms with Gasteiger partial charge in [0, 0.05) is 45.1 Å². The Morgan fingerprint density at radius 1 is 1.24 bits per heavy atom. The van der Waals surface area contributed by atoms with Gasteiger partial charge in [0.05, 0.1) is 11.3 Å². The van der Waals surface area contributed by atoms with E-state index in [-0.39, 0.29) is 11.8 Å². The fourth-order valence-electron chi connectivity index (χ4n) is 4.63. The maximum absolute atomic E-state index is 12.6. The predicted molar refractivity (Wildman–Crippen MR) is 104 cm³/mol. The first-order valence-corrected chi connectivity index (χ1v) is 9.95. The summed E-state index contributed by atoms with van der Waals surface area (Å²) in [6, 6.07) is 3.63. The van der Waals surface area contributed by atoms with Gasteiger partial charge in [0.2, 0.25) is 5.76 Å². The molecule has 0 bridgehead atoms. The van der Waals surface area contributed by atoms with E-state index in [1.165, 1.54) is 0 Å². The molecule has 3 aromatic rings. The minimum absolute atomic E-state index is 0.0581. The van der Waals surface area contributed by atoms with Gasteiger partial charge in [0.1, 0.15) is 5.65 Å². The normalized spacial score (nSPS) is 22.7. The Labute approximate surface area is 167 Å². The number of nitrogens with one attached hydrogen (secondary N) is 1. The SMILES string of the molecule is Cc1nc(C)c(C(=O)N2CC3C(CCNC(=O)c4ccc5nccn5c4)C3C2)o1. The van der Waals surface area contributed by atoms with Crippen molar-refractivity contribution in [3.05, 3.63) is 53.6 Å². The molecule has 0 spiro atoms. The van der Waals surface area contributed by atoms with Gasteiger partial charge in [0.25, 0.3) is 11.8 Å². The van der Waals surface area contributed by atoms with Crippen molar-refractivity contribution >= 4 is 17.5 Å². The zero-order chi connectivity index (χ0) is 20.1. The zero-order valence-corrected chi connectivity index (χ0v) is 16.5. The third kappa shape index (κ3) is 3.18. The lowest BCUT2D eigenvalue weighted by Crippen LogP contribution is -2.32. The summed E-state index contributed by atoms with van der Waals surface area (Å²) in [5.74, 6) is 2.40. The Balaban J connectivity index is 1.10. The van der Waals surface area contributed by atoms with Crippen molar-refractivity contribution in [2.24, 2.45) is 17.8 Å². The summed E-state index contributed by atoms with van der Waals surface area (Å²) in [7, 11) is 0. The fraction of sp³-hybridized carbons (Fsp3) is 0.429. The number of piperidine rings is 1. The molecule has 1 aliphatic carbocycles. The van der Waals surface area contributed by atoms with Crippen LogP contribution >= 0.6 is 0 Å². The lowest BCUT2D eigenvalue weighted by molar-refractivity contribution is 0.0733. The quantitative estimate of drug-likeness (QED) is 0.716. The van der Waals surface area contributed by atoms with Crippen molar-refractivity contribution in [2.45, 2.75) is 20.3 Å². The lowest BCUT2D eigenvalue weighted by Gasteiger charge is -2.18. The molecule has 8 heteroatoms. The van der Waals surface area contributed by atoms with Gasteiger partial charge < -0.3 is 19.0 Å². The van der Waals surface area contributed by atoms with E-state index in [0.29, 0.717) is 47.2 Å². The predicted octanol–water partition coefficient (Wildman–Crippen LogP) is 2.08. The second kappa shape index (κ2) is 6.72. The van der Waals surface area contributed by atoms with E-state index in [2.05, 4.69) is 15.3 Å². The number of aromatic nitrogens is 3. The third-order valence-corrected chi connectivity index (χ3v) is 6.17. The fourth-order valence-corrected chi connectivity index (χ4v) is 4.63. The molecule has 2 unspecified atom stereocenters. The summed E-state index contributed by atoms with van der Waals surface area (Å²) >= 11 is 0. The molecule has 1 saturated carbocycles. The van der Waals surface area contributed by atoms with Gasteiger partial charge in [-0.25, -0.2) is 9.97 Å². The molecule has 3 aromatic heterocycles. The van der Waals surface area contributed by atoms with E-state index in [4.69, 9.17) is 4.42 Å². The second-order valence-corrected chi connectivity index (χ2v) is 8.00. The van der Waals surface area contributed by atoms with Gasteiger partial charge in [-0.2, -0.15) is 0 Å². The number of amides is 2. The van der Waals surface area contributed by atoms with Crippen molar-refractivity contribution in [3.63, 3.8) is 0 Å². The number of pyridine rings is 1. The van der Waals surface area contributed by atoms with Gasteiger partial charge in [-0.1, -0.05) is 0 Å². The third-order valence-electron chi connectivity index (χ3n) is 6.17. The number of rotatable bonds is 5. The molecule has 2 aliphatic rings. The Hall–Kier alpha value is -3.16. The van der Waals surface area contributed by atoms with Gasteiger partial charge in [-0.3, -0.25) is 9.59 Å². The summed E-state index contributed by atoms with van der Waals surface area (Å²) in [6.07, 6.45) is 6.27. The Morgan fingerprint density at radius 3 is 2.76 bits per heavy atom. The highest BCUT2D eigenvalue weighted by Gasteiger charge is 2.56. The molecule has 8 nitrogen and oxygen atoms in total. The standard InChI is InChI=1S/C21H23N5O3/c1-12-19(29-13(2)24-12)21(28)26-10-16-15(17(16)11-26)5-6-23-20(27)14-3-4-18-22-7-8-25(18)9-14/h3-4,7-9,15-17H,5-6,10-11H2,1-2H3,(H,23,27). The Morgan fingerprint density at radius 2 is 2.03 bits per heavy atom. The van der Waals surface area contributed by atoms with Crippen LogP contribution in [0.15, 0.2) is 35.1 Å². The number of fused-ring (bicyclic) bond motifs is 2. The molecule has 29 heavy (non-hydrogen) atoms. The molecule has 2 atom stereocenters. The van der Waals surface area contributed by atoms with Gasteiger partial charge in [-0.15, -0.1) is 0 Å². The van der Waals surface area contributed by atoms with E-state index in [9.17, 15) is 9.59 Å². The molecule has 4 heterocycles. The molecule has 1 aliphatic heterocycles. The summed E-state index contributed by atoms with van der Waals surface area (Å²) in [4.78, 5) is 35.2. The summed E-state index contributed by atoms with van der Waals surface area (Å²) < 4.78 is 7.30. The van der Waals surface area contributed by atoms with Crippen molar-refractivity contribution < 1.29 is 14.0 Å². The van der Waals surface area contributed by atoms with Crippen LogP contribution in [-0.4, -0.2) is 50.7 Å². The Bertz CT molecular complexity index is 1090. The number of carbonyl (C=O) groups excluding carboxylic acids is 2. The number of aryl methyl sites for hydroxylation is 2. The van der Waals surface area contributed by atoms with E-state index in [1.807, 2.05) is 21.6 Å². The number of carbonyl (C=O) groups is 2. The number of imidazole rings is 1. The molecule has 2 fully saturated rings. The van der Waals surface area contributed by atoms with Crippen molar-refractivity contribution in [1.29, 1.82) is 0 Å². The average Bonchev–Trinajstić information content (AvgIpc) is 3.14. The van der Waals surface area contributed by atoms with E-state index in [0.717, 1.165) is 25.2 Å². The van der Waals surface area contributed by atoms with Crippen molar-refractivity contribution in [3.8, 4) is 0 Å². The molecule has 0 aromatic carbocycles. The molecule has 1 N–H and O–H groups in total. The number of likely N-dealkylation sites (tertiary alicyclic amines) is 1. The number of hydrogen-bond donors (Lipinski definition) is 1. The van der Waals surface area contributed by atoms with E-state index in [1.54, 1.807) is 32.3 Å². The first-order valence-electron chi connectivity index (χ1n) is 9.95. The molecular weight excluding hydrogens is 370 g/mol. The molecule has 0 radical (unpaired) electrons. The van der Waals surface area contributed by atoms with Gasteiger partial charge in [0.15, 0.2) is 5.89 Å². The maximum atomic E-state index is 12.6. The van der Waals surface area contributed by atoms with Crippen LogP contribution < -0.4 is 5.32 Å². The van der Waals surface area contributed by atoms with Crippen molar-refractivity contribution in [2.75, 3.05) is 19.6 Å². The van der Waals surface area contributed by atoms with Crippen LogP contribution in [0.4, 0.5) is 0 Å². The van der Waals surface area contributed by atoms with Crippen LogP contribution in [0.1, 0.15) is 38.9 Å². The van der Waals surface area contributed by atoms with Crippen LogP contribution in [0.2, 0.25) is 0 Å². The maximum Gasteiger partial charge on any atom is 0.291 e. The second-order valence-electron chi connectivity index (χ2n) is 8.00. The minimum atomic E-state index is -0.0700. The van der Waals surface area contributed by atoms with Crippen molar-refractivity contribution in [1.82, 2.24) is 24.6 Å². The molecule has 2 amide bonds. The molecule has 1 saturated heterocycles. The lowest BCUT2D eigenvalue weighted by atomic mass is 10.2. The molecule has 150 valence electrons. The summed E-state index contributed by atoms with van der Waals surface area (Å²) in [5, 5.41) is 3.01. The number of hydrogen-bond acceptors (Lipinski definition) is 5.